The number of anilines is 1. The third-order valence-corrected chi connectivity index (χ3v) is 4.66. The van der Waals surface area contributed by atoms with Crippen molar-refractivity contribution in [2.24, 2.45) is 0 Å². The van der Waals surface area contributed by atoms with Crippen molar-refractivity contribution in [2.45, 2.75) is 26.8 Å². The largest absolute Gasteiger partial charge is 0.441 e. The second-order valence-corrected chi connectivity index (χ2v) is 7.11. The molecule has 3 rings (SSSR count). The zero-order chi connectivity index (χ0) is 21.5. The Labute approximate surface area is 176 Å². The number of nitrogens with zero attached hydrogens (tertiary/aromatic N) is 2. The molecular formula is C23H26N4O3. The summed E-state index contributed by atoms with van der Waals surface area (Å²) < 4.78 is 5.64. The third kappa shape index (κ3) is 5.70. The van der Waals surface area contributed by atoms with Gasteiger partial charge in [0.15, 0.2) is 0 Å². The molecule has 0 bridgehead atoms. The van der Waals surface area contributed by atoms with Crippen molar-refractivity contribution in [3.05, 3.63) is 71.6 Å². The minimum Gasteiger partial charge on any atom is -0.441 e. The van der Waals surface area contributed by atoms with E-state index in [1.807, 2.05) is 62.4 Å². The second kappa shape index (κ2) is 9.73. The lowest BCUT2D eigenvalue weighted by molar-refractivity contribution is -0.116. The average molecular weight is 406 g/mol. The number of rotatable bonds is 7. The normalized spacial score (nSPS) is 10.5. The summed E-state index contributed by atoms with van der Waals surface area (Å²) in [6.07, 6.45) is 0.173. The van der Waals surface area contributed by atoms with Crippen molar-refractivity contribution >= 4 is 17.6 Å². The Hall–Kier alpha value is -3.61. The average Bonchev–Trinajstić information content (AvgIpc) is 3.07. The Balaban J connectivity index is 1.46. The van der Waals surface area contributed by atoms with E-state index in [-0.39, 0.29) is 24.9 Å². The van der Waals surface area contributed by atoms with Gasteiger partial charge in [0, 0.05) is 37.8 Å². The van der Waals surface area contributed by atoms with Crippen LogP contribution in [0.4, 0.5) is 10.5 Å². The molecule has 0 unspecified atom stereocenters. The first-order valence-corrected chi connectivity index (χ1v) is 9.79. The maximum atomic E-state index is 12.2. The van der Waals surface area contributed by atoms with Crippen LogP contribution in [-0.4, -0.2) is 35.4 Å². The standard InChI is InChI=1S/C23H26N4O3/c1-16-17(2)30-22(25-16)19-10-7-11-20(14-19)26-21(28)12-13-24-23(29)27(3)15-18-8-5-4-6-9-18/h4-11,14H,12-13,15H2,1-3H3,(H,24,29)(H,26,28). The number of hydrogen-bond donors (Lipinski definition) is 2. The van der Waals surface area contributed by atoms with Gasteiger partial charge in [0.1, 0.15) is 5.76 Å². The highest BCUT2D eigenvalue weighted by molar-refractivity contribution is 5.91. The first-order chi connectivity index (χ1) is 14.4. The molecule has 1 heterocycles. The first kappa shape index (κ1) is 21.1. The number of aryl methyl sites for hydroxylation is 2. The molecule has 0 radical (unpaired) electrons. The van der Waals surface area contributed by atoms with Gasteiger partial charge in [0.05, 0.1) is 5.69 Å². The third-order valence-electron chi connectivity index (χ3n) is 4.66. The molecule has 0 saturated carbocycles. The molecule has 0 aliphatic carbocycles. The van der Waals surface area contributed by atoms with Crippen LogP contribution in [0.1, 0.15) is 23.4 Å². The highest BCUT2D eigenvalue weighted by atomic mass is 16.4. The molecule has 0 aliphatic rings. The van der Waals surface area contributed by atoms with Gasteiger partial charge < -0.3 is 20.0 Å². The molecule has 3 amide bonds. The number of urea groups is 1. The summed E-state index contributed by atoms with van der Waals surface area (Å²) in [5.74, 6) is 1.11. The Bertz CT molecular complexity index is 995. The van der Waals surface area contributed by atoms with Crippen LogP contribution in [0.5, 0.6) is 0 Å². The lowest BCUT2D eigenvalue weighted by Crippen LogP contribution is -2.38. The molecule has 0 saturated heterocycles. The molecule has 0 aliphatic heterocycles. The molecule has 2 N–H and O–H groups in total. The highest BCUT2D eigenvalue weighted by Gasteiger charge is 2.11. The lowest BCUT2D eigenvalue weighted by atomic mass is 10.2. The SMILES string of the molecule is Cc1nc(-c2cccc(NC(=O)CCNC(=O)N(C)Cc3ccccc3)c2)oc1C. The molecule has 2 aromatic carbocycles. The monoisotopic (exact) mass is 406 g/mol. The van der Waals surface area contributed by atoms with E-state index in [0.717, 1.165) is 22.6 Å². The fourth-order valence-electron chi connectivity index (χ4n) is 2.90. The number of benzene rings is 2. The molecule has 3 aromatic rings. The van der Waals surface area contributed by atoms with Crippen LogP contribution in [0.3, 0.4) is 0 Å². The van der Waals surface area contributed by atoms with E-state index in [0.29, 0.717) is 18.1 Å². The molecule has 1 aromatic heterocycles. The van der Waals surface area contributed by atoms with Gasteiger partial charge in [-0.1, -0.05) is 36.4 Å². The lowest BCUT2D eigenvalue weighted by Gasteiger charge is -2.18. The highest BCUT2D eigenvalue weighted by Crippen LogP contribution is 2.24. The van der Waals surface area contributed by atoms with Gasteiger partial charge in [-0.15, -0.1) is 0 Å². The van der Waals surface area contributed by atoms with E-state index >= 15 is 0 Å². The molecule has 0 spiro atoms. The van der Waals surface area contributed by atoms with Crippen molar-refractivity contribution in [2.75, 3.05) is 18.9 Å². The van der Waals surface area contributed by atoms with Gasteiger partial charge in [0.25, 0.3) is 0 Å². The van der Waals surface area contributed by atoms with E-state index in [1.165, 1.54) is 0 Å². The van der Waals surface area contributed by atoms with E-state index in [2.05, 4.69) is 15.6 Å². The summed E-state index contributed by atoms with van der Waals surface area (Å²) in [6.45, 7) is 4.51. The maximum absolute atomic E-state index is 12.2. The predicted molar refractivity (Wildman–Crippen MR) is 116 cm³/mol. The van der Waals surface area contributed by atoms with Gasteiger partial charge in [-0.25, -0.2) is 9.78 Å². The molecular weight excluding hydrogens is 380 g/mol. The van der Waals surface area contributed by atoms with Crippen molar-refractivity contribution in [3.63, 3.8) is 0 Å². The van der Waals surface area contributed by atoms with Crippen LogP contribution in [0.2, 0.25) is 0 Å². The van der Waals surface area contributed by atoms with Crippen LogP contribution >= 0.6 is 0 Å². The van der Waals surface area contributed by atoms with Crippen molar-refractivity contribution in [1.29, 1.82) is 0 Å². The van der Waals surface area contributed by atoms with E-state index in [9.17, 15) is 9.59 Å². The molecule has 30 heavy (non-hydrogen) atoms. The van der Waals surface area contributed by atoms with Gasteiger partial charge in [0.2, 0.25) is 11.8 Å². The molecule has 156 valence electrons. The van der Waals surface area contributed by atoms with Crippen LogP contribution in [0, 0.1) is 13.8 Å². The smallest absolute Gasteiger partial charge is 0.317 e. The van der Waals surface area contributed by atoms with Gasteiger partial charge in [-0.05, 0) is 37.6 Å². The quantitative estimate of drug-likeness (QED) is 0.618. The number of amides is 3. The molecule has 7 nitrogen and oxygen atoms in total. The van der Waals surface area contributed by atoms with E-state index in [1.54, 1.807) is 18.0 Å². The molecule has 7 heteroatoms. The van der Waals surface area contributed by atoms with Crippen LogP contribution in [0.15, 0.2) is 59.0 Å². The topological polar surface area (TPSA) is 87.5 Å². The number of aromatic nitrogens is 1. The zero-order valence-corrected chi connectivity index (χ0v) is 17.4. The van der Waals surface area contributed by atoms with Crippen molar-refractivity contribution in [3.8, 4) is 11.5 Å². The number of nitrogens with one attached hydrogen (secondary N) is 2. The Morgan fingerprint density at radius 2 is 1.83 bits per heavy atom. The van der Waals surface area contributed by atoms with Gasteiger partial charge in [-0.3, -0.25) is 4.79 Å². The Kier molecular flexibility index (Phi) is 6.85. The summed E-state index contributed by atoms with van der Waals surface area (Å²) in [7, 11) is 1.72. The first-order valence-electron chi connectivity index (χ1n) is 9.79. The Morgan fingerprint density at radius 3 is 2.53 bits per heavy atom. The van der Waals surface area contributed by atoms with E-state index in [4.69, 9.17) is 4.42 Å². The maximum Gasteiger partial charge on any atom is 0.317 e. The van der Waals surface area contributed by atoms with Crippen LogP contribution < -0.4 is 10.6 Å². The number of hydrogen-bond acceptors (Lipinski definition) is 4. The fourth-order valence-corrected chi connectivity index (χ4v) is 2.90. The van der Waals surface area contributed by atoms with E-state index < -0.39 is 0 Å². The number of carbonyl (C=O) groups is 2. The Morgan fingerprint density at radius 1 is 1.07 bits per heavy atom. The number of carbonyl (C=O) groups excluding carboxylic acids is 2. The summed E-state index contributed by atoms with van der Waals surface area (Å²) >= 11 is 0. The molecule has 0 fully saturated rings. The summed E-state index contributed by atoms with van der Waals surface area (Å²) in [5.41, 5.74) is 3.33. The van der Waals surface area contributed by atoms with Gasteiger partial charge >= 0.3 is 6.03 Å². The second-order valence-electron chi connectivity index (χ2n) is 7.11. The zero-order valence-electron chi connectivity index (χ0n) is 17.4. The van der Waals surface area contributed by atoms with Crippen LogP contribution in [-0.2, 0) is 11.3 Å². The van der Waals surface area contributed by atoms with Gasteiger partial charge in [-0.2, -0.15) is 0 Å². The minimum absolute atomic E-state index is 0.173. The van der Waals surface area contributed by atoms with Crippen molar-refractivity contribution in [1.82, 2.24) is 15.2 Å². The predicted octanol–water partition coefficient (Wildman–Crippen LogP) is 4.13. The summed E-state index contributed by atoms with van der Waals surface area (Å²) in [6, 6.07) is 16.8. The number of oxazole rings is 1. The summed E-state index contributed by atoms with van der Waals surface area (Å²) in [5, 5.41) is 5.61. The fraction of sp³-hybridized carbons (Fsp3) is 0.261. The van der Waals surface area contributed by atoms with Crippen molar-refractivity contribution < 1.29 is 14.0 Å². The molecule has 0 atom stereocenters. The minimum atomic E-state index is -0.219. The summed E-state index contributed by atoms with van der Waals surface area (Å²) in [4.78, 5) is 30.4. The van der Waals surface area contributed by atoms with Crippen LogP contribution in [0.25, 0.3) is 11.5 Å².